The Labute approximate surface area is 119 Å². The van der Waals surface area contributed by atoms with Crippen LogP contribution in [0.4, 0.5) is 4.79 Å². The van der Waals surface area contributed by atoms with E-state index in [1.807, 2.05) is 30.3 Å². The molecule has 1 aliphatic heterocycles. The predicted molar refractivity (Wildman–Crippen MR) is 76.3 cm³/mol. The summed E-state index contributed by atoms with van der Waals surface area (Å²) in [6.07, 6.45) is 1.27. The van der Waals surface area contributed by atoms with Gasteiger partial charge in [0.05, 0.1) is 6.10 Å². The number of ether oxygens (including phenoxy) is 1. The van der Waals surface area contributed by atoms with E-state index >= 15 is 0 Å². The van der Waals surface area contributed by atoms with Crippen molar-refractivity contribution >= 4 is 6.09 Å². The van der Waals surface area contributed by atoms with Gasteiger partial charge in [0, 0.05) is 19.6 Å². The number of hydrogen-bond acceptors (Lipinski definition) is 4. The minimum absolute atomic E-state index is 0.228. The minimum Gasteiger partial charge on any atom is -0.445 e. The number of rotatable bonds is 5. The van der Waals surface area contributed by atoms with Crippen LogP contribution in [0.5, 0.6) is 0 Å². The zero-order chi connectivity index (χ0) is 14.2. The Bertz CT molecular complexity index is 411. The fourth-order valence-electron chi connectivity index (χ4n) is 2.32. The summed E-state index contributed by atoms with van der Waals surface area (Å²) in [5.74, 6) is 0. The Morgan fingerprint density at radius 3 is 2.95 bits per heavy atom. The topological polar surface area (TPSA) is 61.8 Å². The van der Waals surface area contributed by atoms with Crippen LogP contribution in [-0.4, -0.2) is 48.4 Å². The number of carbonyl (C=O) groups excluding carboxylic acids is 1. The predicted octanol–water partition coefficient (Wildman–Crippen LogP) is 1.37. The lowest BCUT2D eigenvalue weighted by Crippen LogP contribution is -2.42. The molecule has 1 aromatic rings. The van der Waals surface area contributed by atoms with Gasteiger partial charge in [0.2, 0.25) is 0 Å². The maximum atomic E-state index is 11.5. The molecule has 1 unspecified atom stereocenters. The SMILES string of the molecule is O=C(NCCN1CCCC(O)C1)OCc1ccccc1. The van der Waals surface area contributed by atoms with Crippen molar-refractivity contribution in [2.45, 2.75) is 25.6 Å². The Kier molecular flexibility index (Phi) is 5.83. The Balaban J connectivity index is 1.58. The van der Waals surface area contributed by atoms with Crippen molar-refractivity contribution in [3.05, 3.63) is 35.9 Å². The first-order chi connectivity index (χ1) is 9.74. The van der Waals surface area contributed by atoms with E-state index < -0.39 is 6.09 Å². The number of hydrogen-bond donors (Lipinski definition) is 2. The van der Waals surface area contributed by atoms with Crippen LogP contribution in [0.3, 0.4) is 0 Å². The Morgan fingerprint density at radius 1 is 1.40 bits per heavy atom. The largest absolute Gasteiger partial charge is 0.445 e. The first-order valence-corrected chi connectivity index (χ1v) is 7.09. The van der Waals surface area contributed by atoms with E-state index in [1.165, 1.54) is 0 Å². The number of aliphatic hydroxyl groups is 1. The molecule has 2 N–H and O–H groups in total. The quantitative estimate of drug-likeness (QED) is 0.854. The molecular weight excluding hydrogens is 256 g/mol. The molecule has 0 aromatic heterocycles. The summed E-state index contributed by atoms with van der Waals surface area (Å²) in [6.45, 7) is 3.26. The van der Waals surface area contributed by atoms with Crippen molar-refractivity contribution < 1.29 is 14.6 Å². The molecule has 0 bridgehead atoms. The van der Waals surface area contributed by atoms with Gasteiger partial charge in [-0.05, 0) is 24.9 Å². The maximum absolute atomic E-state index is 11.5. The molecule has 110 valence electrons. The second-order valence-electron chi connectivity index (χ2n) is 5.09. The summed E-state index contributed by atoms with van der Waals surface area (Å²) >= 11 is 0. The number of alkyl carbamates (subject to hydrolysis) is 1. The first kappa shape index (κ1) is 14.8. The van der Waals surface area contributed by atoms with Gasteiger partial charge in [0.25, 0.3) is 0 Å². The Hall–Kier alpha value is -1.59. The highest BCUT2D eigenvalue weighted by Gasteiger charge is 2.17. The van der Waals surface area contributed by atoms with Crippen molar-refractivity contribution in [3.8, 4) is 0 Å². The number of likely N-dealkylation sites (tertiary alicyclic amines) is 1. The van der Waals surface area contributed by atoms with E-state index in [1.54, 1.807) is 0 Å². The van der Waals surface area contributed by atoms with Crippen LogP contribution in [-0.2, 0) is 11.3 Å². The van der Waals surface area contributed by atoms with Crippen molar-refractivity contribution in [3.63, 3.8) is 0 Å². The highest BCUT2D eigenvalue weighted by molar-refractivity contribution is 5.67. The smallest absolute Gasteiger partial charge is 0.407 e. The van der Waals surface area contributed by atoms with Crippen LogP contribution < -0.4 is 5.32 Å². The number of benzene rings is 1. The minimum atomic E-state index is -0.397. The monoisotopic (exact) mass is 278 g/mol. The van der Waals surface area contributed by atoms with Crippen LogP contribution in [0, 0.1) is 0 Å². The van der Waals surface area contributed by atoms with Gasteiger partial charge < -0.3 is 15.2 Å². The molecule has 1 amide bonds. The van der Waals surface area contributed by atoms with Gasteiger partial charge in [-0.1, -0.05) is 30.3 Å². The van der Waals surface area contributed by atoms with Crippen LogP contribution >= 0.6 is 0 Å². The average Bonchev–Trinajstić information content (AvgIpc) is 2.46. The fourth-order valence-corrected chi connectivity index (χ4v) is 2.32. The van der Waals surface area contributed by atoms with Crippen molar-refractivity contribution in [1.82, 2.24) is 10.2 Å². The summed E-state index contributed by atoms with van der Waals surface area (Å²) in [5.41, 5.74) is 0.974. The van der Waals surface area contributed by atoms with E-state index in [0.717, 1.165) is 31.5 Å². The molecule has 1 fully saturated rings. The van der Waals surface area contributed by atoms with E-state index in [4.69, 9.17) is 4.74 Å². The molecular formula is C15H22N2O3. The normalized spacial score (nSPS) is 19.6. The number of nitrogens with one attached hydrogen (secondary N) is 1. The number of aliphatic hydroxyl groups excluding tert-OH is 1. The van der Waals surface area contributed by atoms with Crippen molar-refractivity contribution in [2.24, 2.45) is 0 Å². The molecule has 1 atom stereocenters. The third-order valence-corrected chi connectivity index (χ3v) is 3.39. The molecule has 1 aromatic carbocycles. The lowest BCUT2D eigenvalue weighted by atomic mass is 10.1. The van der Waals surface area contributed by atoms with E-state index in [-0.39, 0.29) is 12.7 Å². The van der Waals surface area contributed by atoms with Crippen molar-refractivity contribution in [1.29, 1.82) is 0 Å². The van der Waals surface area contributed by atoms with Gasteiger partial charge in [-0.25, -0.2) is 4.79 Å². The second kappa shape index (κ2) is 7.87. The third kappa shape index (κ3) is 5.19. The summed E-state index contributed by atoms with van der Waals surface area (Å²) in [7, 11) is 0. The molecule has 1 aliphatic rings. The lowest BCUT2D eigenvalue weighted by Gasteiger charge is -2.29. The highest BCUT2D eigenvalue weighted by Crippen LogP contribution is 2.08. The van der Waals surface area contributed by atoms with Gasteiger partial charge in [0.1, 0.15) is 6.61 Å². The van der Waals surface area contributed by atoms with Crippen LogP contribution in [0.1, 0.15) is 18.4 Å². The van der Waals surface area contributed by atoms with E-state index in [2.05, 4.69) is 10.2 Å². The van der Waals surface area contributed by atoms with Gasteiger partial charge in [-0.3, -0.25) is 4.90 Å². The summed E-state index contributed by atoms with van der Waals surface area (Å²) < 4.78 is 5.12. The molecule has 0 spiro atoms. The van der Waals surface area contributed by atoms with Crippen LogP contribution in [0.25, 0.3) is 0 Å². The summed E-state index contributed by atoms with van der Waals surface area (Å²) in [4.78, 5) is 13.7. The zero-order valence-electron chi connectivity index (χ0n) is 11.6. The summed E-state index contributed by atoms with van der Waals surface area (Å²) in [6, 6.07) is 9.60. The average molecular weight is 278 g/mol. The number of carbonyl (C=O) groups is 1. The van der Waals surface area contributed by atoms with Gasteiger partial charge in [0.15, 0.2) is 0 Å². The van der Waals surface area contributed by atoms with Crippen LogP contribution in [0.15, 0.2) is 30.3 Å². The molecule has 1 heterocycles. The van der Waals surface area contributed by atoms with Crippen molar-refractivity contribution in [2.75, 3.05) is 26.2 Å². The van der Waals surface area contributed by atoms with Crippen LogP contribution in [0.2, 0.25) is 0 Å². The molecule has 0 saturated carbocycles. The molecule has 20 heavy (non-hydrogen) atoms. The molecule has 0 radical (unpaired) electrons. The fraction of sp³-hybridized carbons (Fsp3) is 0.533. The van der Waals surface area contributed by atoms with Gasteiger partial charge in [-0.15, -0.1) is 0 Å². The molecule has 5 nitrogen and oxygen atoms in total. The van der Waals surface area contributed by atoms with Gasteiger partial charge in [-0.2, -0.15) is 0 Å². The molecule has 0 aliphatic carbocycles. The first-order valence-electron chi connectivity index (χ1n) is 7.09. The Morgan fingerprint density at radius 2 is 2.20 bits per heavy atom. The molecule has 2 rings (SSSR count). The number of piperidine rings is 1. The van der Waals surface area contributed by atoms with Gasteiger partial charge >= 0.3 is 6.09 Å². The second-order valence-corrected chi connectivity index (χ2v) is 5.09. The van der Waals surface area contributed by atoms with E-state index in [9.17, 15) is 9.90 Å². The van der Waals surface area contributed by atoms with E-state index in [0.29, 0.717) is 13.1 Å². The lowest BCUT2D eigenvalue weighted by molar-refractivity contribution is 0.0707. The number of β-amino-alcohol motifs (C(OH)–C–C–N with tert-alkyl or cyclic N) is 1. The standard InChI is InChI=1S/C15H22N2O3/c18-14-7-4-9-17(11-14)10-8-16-15(19)20-12-13-5-2-1-3-6-13/h1-3,5-6,14,18H,4,7-12H2,(H,16,19). The molecule has 5 heteroatoms. The highest BCUT2D eigenvalue weighted by atomic mass is 16.5. The maximum Gasteiger partial charge on any atom is 0.407 e. The number of nitrogens with zero attached hydrogens (tertiary/aromatic N) is 1. The molecule has 1 saturated heterocycles. The zero-order valence-corrected chi connectivity index (χ0v) is 11.6. The number of amides is 1. The third-order valence-electron chi connectivity index (χ3n) is 3.39. The summed E-state index contributed by atoms with van der Waals surface area (Å²) in [5, 5.41) is 12.3.